The third-order valence-electron chi connectivity index (χ3n) is 2.88. The summed E-state index contributed by atoms with van der Waals surface area (Å²) >= 11 is 0. The minimum atomic E-state index is 0.190. The Morgan fingerprint density at radius 3 is 2.53 bits per heavy atom. The number of benzene rings is 1. The molecule has 0 radical (unpaired) electrons. The highest BCUT2D eigenvalue weighted by Gasteiger charge is 2.08. The Morgan fingerprint density at radius 2 is 1.89 bits per heavy atom. The molecule has 0 bridgehead atoms. The molecule has 0 aromatic heterocycles. The van der Waals surface area contributed by atoms with E-state index in [9.17, 15) is 0 Å². The molecular formula is C15H25NO3. The number of nitrogens with two attached hydrogens (primary N) is 1. The van der Waals surface area contributed by atoms with Crippen LogP contribution in [0.1, 0.15) is 25.8 Å². The molecule has 4 heteroatoms. The molecule has 0 saturated heterocycles. The maximum absolute atomic E-state index is 5.98. The molecule has 1 atom stereocenters. The van der Waals surface area contributed by atoms with E-state index in [-0.39, 0.29) is 6.04 Å². The van der Waals surface area contributed by atoms with Crippen molar-refractivity contribution in [3.63, 3.8) is 0 Å². The second-order valence-corrected chi connectivity index (χ2v) is 4.43. The zero-order valence-corrected chi connectivity index (χ0v) is 12.1. The molecule has 0 amide bonds. The summed E-state index contributed by atoms with van der Waals surface area (Å²) in [6, 6.07) is 6.19. The number of rotatable bonds is 9. The topological polar surface area (TPSA) is 53.7 Å². The predicted octanol–water partition coefficient (Wildman–Crippen LogP) is 2.39. The Morgan fingerprint density at radius 1 is 1.11 bits per heavy atom. The summed E-state index contributed by atoms with van der Waals surface area (Å²) in [4.78, 5) is 0. The summed E-state index contributed by atoms with van der Waals surface area (Å²) in [6.07, 6.45) is 1.82. The summed E-state index contributed by atoms with van der Waals surface area (Å²) < 4.78 is 16.2. The van der Waals surface area contributed by atoms with Crippen LogP contribution < -0.4 is 15.2 Å². The third kappa shape index (κ3) is 5.49. The van der Waals surface area contributed by atoms with Gasteiger partial charge < -0.3 is 19.9 Å². The van der Waals surface area contributed by atoms with Gasteiger partial charge in [0.15, 0.2) is 11.5 Å². The lowest BCUT2D eigenvalue weighted by molar-refractivity contribution is 0.143. The summed E-state index contributed by atoms with van der Waals surface area (Å²) in [5.74, 6) is 1.53. The van der Waals surface area contributed by atoms with Crippen molar-refractivity contribution >= 4 is 0 Å². The zero-order valence-electron chi connectivity index (χ0n) is 12.1. The van der Waals surface area contributed by atoms with Crippen LogP contribution in [0.2, 0.25) is 0 Å². The van der Waals surface area contributed by atoms with Crippen LogP contribution in [-0.2, 0) is 11.2 Å². The molecule has 0 aliphatic rings. The van der Waals surface area contributed by atoms with Gasteiger partial charge in [0.05, 0.1) is 13.2 Å². The minimum Gasteiger partial charge on any atom is -0.490 e. The van der Waals surface area contributed by atoms with Crippen LogP contribution in [0.15, 0.2) is 18.2 Å². The highest BCUT2D eigenvalue weighted by Crippen LogP contribution is 2.29. The van der Waals surface area contributed by atoms with Gasteiger partial charge in [0, 0.05) is 13.2 Å². The first kappa shape index (κ1) is 15.8. The minimum absolute atomic E-state index is 0.190. The fourth-order valence-corrected chi connectivity index (χ4v) is 1.75. The van der Waals surface area contributed by atoms with Crippen LogP contribution in [0.25, 0.3) is 0 Å². The number of hydrogen-bond acceptors (Lipinski definition) is 4. The average Bonchev–Trinajstić information content (AvgIpc) is 2.41. The molecule has 0 spiro atoms. The van der Waals surface area contributed by atoms with Crippen LogP contribution in [0.3, 0.4) is 0 Å². The molecule has 19 heavy (non-hydrogen) atoms. The molecule has 0 heterocycles. The van der Waals surface area contributed by atoms with Gasteiger partial charge in [-0.2, -0.15) is 0 Å². The van der Waals surface area contributed by atoms with Crippen molar-refractivity contribution in [2.45, 2.75) is 32.7 Å². The van der Waals surface area contributed by atoms with E-state index in [1.807, 2.05) is 25.1 Å². The normalized spacial score (nSPS) is 12.2. The van der Waals surface area contributed by atoms with Gasteiger partial charge >= 0.3 is 0 Å². The summed E-state index contributed by atoms with van der Waals surface area (Å²) in [5.41, 5.74) is 7.15. The Bertz CT molecular complexity index is 368. The monoisotopic (exact) mass is 267 g/mol. The van der Waals surface area contributed by atoms with E-state index in [1.165, 1.54) is 5.56 Å². The van der Waals surface area contributed by atoms with Crippen molar-refractivity contribution in [2.75, 3.05) is 26.9 Å². The molecule has 1 aromatic carbocycles. The molecule has 0 aliphatic carbocycles. The fourth-order valence-electron chi connectivity index (χ4n) is 1.75. The Balaban J connectivity index is 2.75. The van der Waals surface area contributed by atoms with E-state index in [0.717, 1.165) is 24.3 Å². The lowest BCUT2D eigenvalue weighted by Gasteiger charge is -2.14. The van der Waals surface area contributed by atoms with Gasteiger partial charge in [-0.15, -0.1) is 0 Å². The number of ether oxygens (including phenoxy) is 3. The average molecular weight is 267 g/mol. The summed E-state index contributed by atoms with van der Waals surface area (Å²) in [6.45, 7) is 5.75. The molecule has 1 aromatic rings. The van der Waals surface area contributed by atoms with Gasteiger partial charge in [-0.05, 0) is 37.5 Å². The molecule has 0 aliphatic heterocycles. The predicted molar refractivity (Wildman–Crippen MR) is 77.0 cm³/mol. The third-order valence-corrected chi connectivity index (χ3v) is 2.88. The molecule has 1 unspecified atom stereocenters. The van der Waals surface area contributed by atoms with Crippen LogP contribution >= 0.6 is 0 Å². The molecule has 0 fully saturated rings. The van der Waals surface area contributed by atoms with Gasteiger partial charge in [0.1, 0.15) is 6.61 Å². The largest absolute Gasteiger partial charge is 0.490 e. The molecule has 0 saturated carbocycles. The van der Waals surface area contributed by atoms with E-state index in [2.05, 4.69) is 6.92 Å². The lowest BCUT2D eigenvalue weighted by Crippen LogP contribution is -2.21. The van der Waals surface area contributed by atoms with E-state index < -0.39 is 0 Å². The van der Waals surface area contributed by atoms with E-state index >= 15 is 0 Å². The molecule has 4 nitrogen and oxygen atoms in total. The maximum Gasteiger partial charge on any atom is 0.161 e. The molecular weight excluding hydrogens is 242 g/mol. The second-order valence-electron chi connectivity index (χ2n) is 4.43. The quantitative estimate of drug-likeness (QED) is 0.698. The number of methoxy groups -OCH3 is 1. The highest BCUT2D eigenvalue weighted by atomic mass is 16.5. The van der Waals surface area contributed by atoms with E-state index in [4.69, 9.17) is 19.9 Å². The Kier molecular flexibility index (Phi) is 7.30. The van der Waals surface area contributed by atoms with Gasteiger partial charge in [-0.25, -0.2) is 0 Å². The van der Waals surface area contributed by atoms with Crippen molar-refractivity contribution in [1.82, 2.24) is 0 Å². The Hall–Kier alpha value is -1.26. The first-order chi connectivity index (χ1) is 9.21. The summed E-state index contributed by atoms with van der Waals surface area (Å²) in [5, 5.41) is 0. The first-order valence-corrected chi connectivity index (χ1v) is 6.84. The summed E-state index contributed by atoms with van der Waals surface area (Å²) in [7, 11) is 1.65. The standard InChI is InChI=1S/C15H25NO3/c1-4-13(16)10-12-6-7-14(19-9-8-17-3)15(11-12)18-5-2/h6-7,11,13H,4-5,8-10,16H2,1-3H3. The lowest BCUT2D eigenvalue weighted by atomic mass is 10.0. The second kappa shape index (κ2) is 8.77. The van der Waals surface area contributed by atoms with Crippen molar-refractivity contribution in [1.29, 1.82) is 0 Å². The van der Waals surface area contributed by atoms with E-state index in [0.29, 0.717) is 19.8 Å². The van der Waals surface area contributed by atoms with Crippen molar-refractivity contribution in [3.05, 3.63) is 23.8 Å². The van der Waals surface area contributed by atoms with Gasteiger partial charge in [-0.3, -0.25) is 0 Å². The van der Waals surface area contributed by atoms with Crippen molar-refractivity contribution in [2.24, 2.45) is 5.73 Å². The van der Waals surface area contributed by atoms with Gasteiger partial charge in [0.2, 0.25) is 0 Å². The van der Waals surface area contributed by atoms with Crippen LogP contribution in [0.5, 0.6) is 11.5 Å². The van der Waals surface area contributed by atoms with Crippen LogP contribution in [0.4, 0.5) is 0 Å². The van der Waals surface area contributed by atoms with Crippen LogP contribution in [0, 0.1) is 0 Å². The Labute approximate surface area is 115 Å². The van der Waals surface area contributed by atoms with Gasteiger partial charge in [-0.1, -0.05) is 13.0 Å². The van der Waals surface area contributed by atoms with Crippen molar-refractivity contribution < 1.29 is 14.2 Å². The number of hydrogen-bond donors (Lipinski definition) is 1. The van der Waals surface area contributed by atoms with Gasteiger partial charge in [0.25, 0.3) is 0 Å². The fraction of sp³-hybridized carbons (Fsp3) is 0.600. The maximum atomic E-state index is 5.98. The molecule has 1 rings (SSSR count). The van der Waals surface area contributed by atoms with E-state index in [1.54, 1.807) is 7.11 Å². The van der Waals surface area contributed by atoms with Crippen molar-refractivity contribution in [3.8, 4) is 11.5 Å². The first-order valence-electron chi connectivity index (χ1n) is 6.84. The highest BCUT2D eigenvalue weighted by molar-refractivity contribution is 5.43. The SMILES string of the molecule is CCOc1cc(CC(N)CC)ccc1OCCOC. The molecule has 108 valence electrons. The van der Waals surface area contributed by atoms with Crippen LogP contribution in [-0.4, -0.2) is 33.0 Å². The smallest absolute Gasteiger partial charge is 0.161 e. The molecule has 2 N–H and O–H groups in total. The zero-order chi connectivity index (χ0) is 14.1.